The van der Waals surface area contributed by atoms with E-state index in [0.717, 1.165) is 15.6 Å². The molecular formula is C16H16BrFO2. The molecule has 0 spiro atoms. The van der Waals surface area contributed by atoms with Gasteiger partial charge < -0.3 is 10.2 Å². The SMILES string of the molecule is OCC(CO)(Cc1cccc(Br)c1)c1ccc(F)cc1. The van der Waals surface area contributed by atoms with E-state index >= 15 is 0 Å². The molecule has 0 bridgehead atoms. The van der Waals surface area contributed by atoms with Gasteiger partial charge in [0.15, 0.2) is 0 Å². The lowest BCUT2D eigenvalue weighted by atomic mass is 9.77. The maximum Gasteiger partial charge on any atom is 0.123 e. The number of aliphatic hydroxyl groups excluding tert-OH is 2. The molecule has 2 nitrogen and oxygen atoms in total. The predicted molar refractivity (Wildman–Crippen MR) is 80.1 cm³/mol. The minimum absolute atomic E-state index is 0.207. The number of halogens is 2. The molecule has 2 aromatic rings. The highest BCUT2D eigenvalue weighted by Gasteiger charge is 2.31. The summed E-state index contributed by atoms with van der Waals surface area (Å²) in [5.74, 6) is -0.332. The predicted octanol–water partition coefficient (Wildman–Crippen LogP) is 3.05. The fourth-order valence-corrected chi connectivity index (χ4v) is 2.73. The van der Waals surface area contributed by atoms with Crippen LogP contribution >= 0.6 is 15.9 Å². The zero-order valence-corrected chi connectivity index (χ0v) is 12.5. The van der Waals surface area contributed by atoms with Crippen LogP contribution in [0.3, 0.4) is 0 Å². The van der Waals surface area contributed by atoms with Crippen LogP contribution < -0.4 is 0 Å². The zero-order chi connectivity index (χ0) is 14.6. The van der Waals surface area contributed by atoms with Crippen molar-refractivity contribution in [2.75, 3.05) is 13.2 Å². The van der Waals surface area contributed by atoms with Crippen molar-refractivity contribution in [2.45, 2.75) is 11.8 Å². The van der Waals surface area contributed by atoms with Crippen molar-refractivity contribution in [1.29, 1.82) is 0 Å². The van der Waals surface area contributed by atoms with Crippen LogP contribution in [-0.4, -0.2) is 23.4 Å². The first-order valence-electron chi connectivity index (χ1n) is 6.32. The third kappa shape index (κ3) is 3.26. The molecule has 0 fully saturated rings. The van der Waals surface area contributed by atoms with E-state index in [2.05, 4.69) is 15.9 Å². The van der Waals surface area contributed by atoms with Gasteiger partial charge in [0.05, 0.1) is 13.2 Å². The Morgan fingerprint density at radius 1 is 1.00 bits per heavy atom. The molecule has 0 aliphatic rings. The van der Waals surface area contributed by atoms with Gasteiger partial charge in [-0.25, -0.2) is 4.39 Å². The van der Waals surface area contributed by atoms with Gasteiger partial charge in [-0.1, -0.05) is 40.2 Å². The van der Waals surface area contributed by atoms with Gasteiger partial charge in [0.25, 0.3) is 0 Å². The highest BCUT2D eigenvalue weighted by molar-refractivity contribution is 9.10. The number of rotatable bonds is 5. The normalized spacial score (nSPS) is 11.6. The average Bonchev–Trinajstić information content (AvgIpc) is 2.46. The molecule has 4 heteroatoms. The monoisotopic (exact) mass is 338 g/mol. The second kappa shape index (κ2) is 6.48. The molecule has 20 heavy (non-hydrogen) atoms. The molecule has 0 amide bonds. The highest BCUT2D eigenvalue weighted by Crippen LogP contribution is 2.29. The van der Waals surface area contributed by atoms with Gasteiger partial charge >= 0.3 is 0 Å². The fraction of sp³-hybridized carbons (Fsp3) is 0.250. The summed E-state index contributed by atoms with van der Waals surface area (Å²) in [5.41, 5.74) is 0.907. The largest absolute Gasteiger partial charge is 0.395 e. The van der Waals surface area contributed by atoms with Crippen LogP contribution in [-0.2, 0) is 11.8 Å². The lowest BCUT2D eigenvalue weighted by molar-refractivity contribution is 0.116. The highest BCUT2D eigenvalue weighted by atomic mass is 79.9. The molecule has 106 valence electrons. The first-order valence-corrected chi connectivity index (χ1v) is 7.11. The van der Waals surface area contributed by atoms with Crippen LogP contribution in [0.25, 0.3) is 0 Å². The van der Waals surface area contributed by atoms with Crippen LogP contribution in [0.2, 0.25) is 0 Å². The van der Waals surface area contributed by atoms with Gasteiger partial charge in [0, 0.05) is 9.89 Å². The smallest absolute Gasteiger partial charge is 0.123 e. The van der Waals surface area contributed by atoms with E-state index < -0.39 is 5.41 Å². The Morgan fingerprint density at radius 2 is 1.65 bits per heavy atom. The van der Waals surface area contributed by atoms with E-state index in [9.17, 15) is 14.6 Å². The Labute approximate surface area is 126 Å². The van der Waals surface area contributed by atoms with Crippen LogP contribution in [0.1, 0.15) is 11.1 Å². The van der Waals surface area contributed by atoms with Gasteiger partial charge in [-0.2, -0.15) is 0 Å². The van der Waals surface area contributed by atoms with E-state index in [4.69, 9.17) is 0 Å². The van der Waals surface area contributed by atoms with Gasteiger partial charge in [0.1, 0.15) is 5.82 Å². The molecule has 0 heterocycles. The molecule has 0 aliphatic carbocycles. The molecule has 0 saturated carbocycles. The van der Waals surface area contributed by atoms with Crippen molar-refractivity contribution >= 4 is 15.9 Å². The molecule has 0 aromatic heterocycles. The average molecular weight is 339 g/mol. The lowest BCUT2D eigenvalue weighted by Crippen LogP contribution is -2.37. The summed E-state index contributed by atoms with van der Waals surface area (Å²) >= 11 is 3.40. The zero-order valence-electron chi connectivity index (χ0n) is 10.9. The number of aliphatic hydroxyl groups is 2. The number of hydrogen-bond acceptors (Lipinski definition) is 2. The number of benzene rings is 2. The summed E-state index contributed by atoms with van der Waals surface area (Å²) in [4.78, 5) is 0. The first-order chi connectivity index (χ1) is 9.59. The lowest BCUT2D eigenvalue weighted by Gasteiger charge is -2.30. The Balaban J connectivity index is 2.36. The molecule has 0 saturated heterocycles. The summed E-state index contributed by atoms with van der Waals surface area (Å²) in [6.45, 7) is -0.413. The molecule has 2 rings (SSSR count). The van der Waals surface area contributed by atoms with Gasteiger partial charge in [0.2, 0.25) is 0 Å². The van der Waals surface area contributed by atoms with E-state index in [-0.39, 0.29) is 19.0 Å². The Bertz CT molecular complexity index is 565. The first kappa shape index (κ1) is 15.2. The van der Waals surface area contributed by atoms with Crippen LogP contribution in [0.4, 0.5) is 4.39 Å². The third-order valence-electron chi connectivity index (χ3n) is 3.49. The maximum atomic E-state index is 13.0. The van der Waals surface area contributed by atoms with Crippen molar-refractivity contribution < 1.29 is 14.6 Å². The van der Waals surface area contributed by atoms with Crippen LogP contribution in [0.15, 0.2) is 53.0 Å². The van der Waals surface area contributed by atoms with Gasteiger partial charge in [-0.3, -0.25) is 0 Å². The maximum absolute atomic E-state index is 13.0. The summed E-state index contributed by atoms with van der Waals surface area (Å²) in [6.07, 6.45) is 0.477. The van der Waals surface area contributed by atoms with Crippen LogP contribution in [0, 0.1) is 5.82 Å². The summed E-state index contributed by atoms with van der Waals surface area (Å²) in [7, 11) is 0. The molecule has 2 N–H and O–H groups in total. The topological polar surface area (TPSA) is 40.5 Å². The molecule has 0 aliphatic heterocycles. The standard InChI is InChI=1S/C16H16BrFO2/c17-14-3-1-2-12(8-14)9-16(10-19,11-20)13-4-6-15(18)7-5-13/h1-8,19-20H,9-11H2. The van der Waals surface area contributed by atoms with Crippen molar-refractivity contribution in [3.05, 3.63) is 69.9 Å². The van der Waals surface area contributed by atoms with Crippen molar-refractivity contribution in [3.8, 4) is 0 Å². The molecular weight excluding hydrogens is 323 g/mol. The quantitative estimate of drug-likeness (QED) is 0.879. The van der Waals surface area contributed by atoms with E-state index in [1.807, 2.05) is 24.3 Å². The second-order valence-corrected chi connectivity index (χ2v) is 5.83. The Kier molecular flexibility index (Phi) is 4.91. The van der Waals surface area contributed by atoms with Crippen molar-refractivity contribution in [2.24, 2.45) is 0 Å². The Morgan fingerprint density at radius 3 is 2.20 bits per heavy atom. The minimum Gasteiger partial charge on any atom is -0.395 e. The van der Waals surface area contributed by atoms with Crippen molar-refractivity contribution in [3.63, 3.8) is 0 Å². The third-order valence-corrected chi connectivity index (χ3v) is 3.99. The molecule has 0 unspecified atom stereocenters. The summed E-state index contributed by atoms with van der Waals surface area (Å²) < 4.78 is 14.0. The van der Waals surface area contributed by atoms with E-state index in [1.165, 1.54) is 12.1 Å². The Hall–Kier alpha value is -1.23. The van der Waals surface area contributed by atoms with E-state index in [1.54, 1.807) is 12.1 Å². The second-order valence-electron chi connectivity index (χ2n) is 4.91. The number of hydrogen-bond donors (Lipinski definition) is 2. The van der Waals surface area contributed by atoms with Gasteiger partial charge in [-0.05, 0) is 41.8 Å². The minimum atomic E-state index is -0.811. The molecule has 2 aromatic carbocycles. The van der Waals surface area contributed by atoms with Crippen molar-refractivity contribution in [1.82, 2.24) is 0 Å². The molecule has 0 atom stereocenters. The summed E-state index contributed by atoms with van der Waals surface area (Å²) in [6, 6.07) is 13.6. The van der Waals surface area contributed by atoms with E-state index in [0.29, 0.717) is 6.42 Å². The summed E-state index contributed by atoms with van der Waals surface area (Å²) in [5, 5.41) is 19.5. The van der Waals surface area contributed by atoms with Gasteiger partial charge in [-0.15, -0.1) is 0 Å². The van der Waals surface area contributed by atoms with Crippen LogP contribution in [0.5, 0.6) is 0 Å². The fourth-order valence-electron chi connectivity index (χ4n) is 2.29. The molecule has 0 radical (unpaired) electrons.